The smallest absolute Gasteiger partial charge is 0.274 e. The summed E-state index contributed by atoms with van der Waals surface area (Å²) in [5.74, 6) is -0.0894. The van der Waals surface area contributed by atoms with Gasteiger partial charge in [0, 0.05) is 24.8 Å². The molecule has 0 saturated carbocycles. The van der Waals surface area contributed by atoms with E-state index in [0.29, 0.717) is 16.6 Å². The van der Waals surface area contributed by atoms with Crippen molar-refractivity contribution in [2.45, 2.75) is 32.7 Å². The summed E-state index contributed by atoms with van der Waals surface area (Å²) < 4.78 is 1.56. The molecule has 6 nitrogen and oxygen atoms in total. The molecule has 0 unspecified atom stereocenters. The molecular formula is C14H18N4O2. The van der Waals surface area contributed by atoms with Crippen LogP contribution in [0.15, 0.2) is 10.9 Å². The van der Waals surface area contributed by atoms with Crippen LogP contribution in [0.1, 0.15) is 36.3 Å². The minimum atomic E-state index is -0.267. The molecule has 0 atom stereocenters. The van der Waals surface area contributed by atoms with Crippen molar-refractivity contribution in [2.24, 2.45) is 7.05 Å². The molecule has 1 N–H and O–H groups in total. The van der Waals surface area contributed by atoms with E-state index in [-0.39, 0.29) is 17.0 Å². The second kappa shape index (κ2) is 3.94. The molecule has 1 aliphatic rings. The summed E-state index contributed by atoms with van der Waals surface area (Å²) in [6, 6.07) is 1.70. The van der Waals surface area contributed by atoms with Crippen LogP contribution in [0.5, 0.6) is 0 Å². The lowest BCUT2D eigenvalue weighted by molar-refractivity contribution is 0.0159. The number of carbonyl (C=O) groups is 1. The van der Waals surface area contributed by atoms with Gasteiger partial charge in [-0.2, -0.15) is 0 Å². The molecule has 3 rings (SSSR count). The van der Waals surface area contributed by atoms with Gasteiger partial charge in [-0.3, -0.25) is 19.4 Å². The van der Waals surface area contributed by atoms with Gasteiger partial charge in [0.2, 0.25) is 0 Å². The van der Waals surface area contributed by atoms with Gasteiger partial charge in [0.25, 0.3) is 11.5 Å². The van der Waals surface area contributed by atoms with Crippen molar-refractivity contribution in [1.82, 2.24) is 19.7 Å². The first kappa shape index (κ1) is 12.9. The van der Waals surface area contributed by atoms with Gasteiger partial charge in [0.15, 0.2) is 5.65 Å². The Bertz CT molecular complexity index is 769. The number of aromatic amines is 1. The Kier molecular flexibility index (Phi) is 2.54. The highest BCUT2D eigenvalue weighted by Gasteiger charge is 2.40. The highest BCUT2D eigenvalue weighted by Crippen LogP contribution is 2.32. The van der Waals surface area contributed by atoms with E-state index < -0.39 is 0 Å². The summed E-state index contributed by atoms with van der Waals surface area (Å²) in [5, 5.41) is 3.04. The molecule has 0 radical (unpaired) electrons. The third-order valence-electron chi connectivity index (χ3n) is 4.10. The van der Waals surface area contributed by atoms with E-state index in [4.69, 9.17) is 0 Å². The standard InChI is InChI=1S/C14H18N4O2/c1-8-7-9(13(20)18-6-5-14(18,2)3)10-11(15-8)17(4)16-12(10)19/h7H,5-6H2,1-4H3,(H,16,19). The van der Waals surface area contributed by atoms with E-state index in [1.54, 1.807) is 17.8 Å². The van der Waals surface area contributed by atoms with Crippen LogP contribution < -0.4 is 5.56 Å². The molecule has 0 spiro atoms. The van der Waals surface area contributed by atoms with Crippen LogP contribution in [0.2, 0.25) is 0 Å². The van der Waals surface area contributed by atoms with Crippen molar-refractivity contribution in [3.8, 4) is 0 Å². The maximum atomic E-state index is 12.7. The zero-order valence-electron chi connectivity index (χ0n) is 12.1. The number of fused-ring (bicyclic) bond motifs is 1. The lowest BCUT2D eigenvalue weighted by atomic mass is 9.88. The summed E-state index contributed by atoms with van der Waals surface area (Å²) in [5.41, 5.74) is 1.30. The number of rotatable bonds is 1. The zero-order valence-corrected chi connectivity index (χ0v) is 12.1. The van der Waals surface area contributed by atoms with Crippen molar-refractivity contribution in [2.75, 3.05) is 6.54 Å². The lowest BCUT2D eigenvalue weighted by Crippen LogP contribution is -2.58. The highest BCUT2D eigenvalue weighted by molar-refractivity contribution is 6.06. The lowest BCUT2D eigenvalue weighted by Gasteiger charge is -2.48. The van der Waals surface area contributed by atoms with E-state index in [2.05, 4.69) is 10.1 Å². The number of hydrogen-bond acceptors (Lipinski definition) is 3. The summed E-state index contributed by atoms with van der Waals surface area (Å²) in [7, 11) is 1.72. The first-order valence-electron chi connectivity index (χ1n) is 6.69. The van der Waals surface area contributed by atoms with E-state index in [9.17, 15) is 9.59 Å². The number of pyridine rings is 1. The Morgan fingerprint density at radius 2 is 2.15 bits per heavy atom. The van der Waals surface area contributed by atoms with E-state index in [1.165, 1.54) is 0 Å². The summed E-state index contributed by atoms with van der Waals surface area (Å²) in [4.78, 5) is 30.9. The minimum absolute atomic E-state index is 0.0894. The van der Waals surface area contributed by atoms with E-state index >= 15 is 0 Å². The SMILES string of the molecule is Cc1cc(C(=O)N2CCC2(C)C)c2c(=O)[nH]n(C)c2n1. The Hall–Kier alpha value is -2.11. The second-order valence-electron chi connectivity index (χ2n) is 6.03. The van der Waals surface area contributed by atoms with Crippen LogP contribution >= 0.6 is 0 Å². The molecule has 0 bridgehead atoms. The van der Waals surface area contributed by atoms with Crippen LogP contribution in [0, 0.1) is 6.92 Å². The minimum Gasteiger partial charge on any atom is -0.333 e. The van der Waals surface area contributed by atoms with E-state index in [1.807, 2.05) is 25.7 Å². The molecule has 2 aromatic heterocycles. The first-order chi connectivity index (χ1) is 9.31. The van der Waals surface area contributed by atoms with Crippen molar-refractivity contribution < 1.29 is 4.79 Å². The summed E-state index contributed by atoms with van der Waals surface area (Å²) in [6.07, 6.45) is 0.983. The number of likely N-dealkylation sites (tertiary alicyclic amines) is 1. The zero-order chi connectivity index (χ0) is 14.7. The fourth-order valence-corrected chi connectivity index (χ4v) is 2.75. The second-order valence-corrected chi connectivity index (χ2v) is 6.03. The number of nitrogens with zero attached hydrogens (tertiary/aromatic N) is 3. The largest absolute Gasteiger partial charge is 0.333 e. The van der Waals surface area contributed by atoms with Crippen LogP contribution in [0.25, 0.3) is 11.0 Å². The van der Waals surface area contributed by atoms with Crippen molar-refractivity contribution >= 4 is 16.9 Å². The maximum Gasteiger partial charge on any atom is 0.274 e. The fraction of sp³-hybridized carbons (Fsp3) is 0.500. The molecule has 1 saturated heterocycles. The first-order valence-corrected chi connectivity index (χ1v) is 6.69. The molecular weight excluding hydrogens is 256 g/mol. The third kappa shape index (κ3) is 1.67. The number of carbonyl (C=O) groups excluding carboxylic acids is 1. The predicted molar refractivity (Wildman–Crippen MR) is 75.8 cm³/mol. The van der Waals surface area contributed by atoms with Gasteiger partial charge in [-0.15, -0.1) is 0 Å². The van der Waals surface area contributed by atoms with Gasteiger partial charge in [0.05, 0.1) is 10.9 Å². The van der Waals surface area contributed by atoms with Gasteiger partial charge in [-0.05, 0) is 33.3 Å². The normalized spacial score (nSPS) is 17.3. The van der Waals surface area contributed by atoms with Gasteiger partial charge in [0.1, 0.15) is 0 Å². The molecule has 1 fully saturated rings. The Morgan fingerprint density at radius 3 is 2.70 bits per heavy atom. The molecule has 3 heterocycles. The molecule has 1 aliphatic heterocycles. The molecule has 1 amide bonds. The van der Waals surface area contributed by atoms with Gasteiger partial charge in [-0.1, -0.05) is 0 Å². The number of nitrogens with one attached hydrogen (secondary N) is 1. The van der Waals surface area contributed by atoms with Gasteiger partial charge in [-0.25, -0.2) is 4.98 Å². The van der Waals surface area contributed by atoms with Gasteiger partial charge < -0.3 is 4.90 Å². The monoisotopic (exact) mass is 274 g/mol. The van der Waals surface area contributed by atoms with Crippen LogP contribution in [-0.2, 0) is 7.05 Å². The fourth-order valence-electron chi connectivity index (χ4n) is 2.75. The third-order valence-corrected chi connectivity index (χ3v) is 4.10. The number of aryl methyl sites for hydroxylation is 2. The molecule has 0 aromatic carbocycles. The molecule has 0 aliphatic carbocycles. The quantitative estimate of drug-likeness (QED) is 0.849. The summed E-state index contributed by atoms with van der Waals surface area (Å²) >= 11 is 0. The number of amides is 1. The number of H-pyrrole nitrogens is 1. The van der Waals surface area contributed by atoms with Crippen molar-refractivity contribution in [3.63, 3.8) is 0 Å². The Balaban J connectivity index is 2.21. The average Bonchev–Trinajstić information content (AvgIpc) is 2.62. The van der Waals surface area contributed by atoms with Crippen LogP contribution in [-0.4, -0.2) is 37.7 Å². The molecule has 2 aromatic rings. The number of hydrogen-bond donors (Lipinski definition) is 1. The van der Waals surface area contributed by atoms with Crippen molar-refractivity contribution in [1.29, 1.82) is 0 Å². The Morgan fingerprint density at radius 1 is 1.45 bits per heavy atom. The Labute approximate surface area is 116 Å². The van der Waals surface area contributed by atoms with Crippen molar-refractivity contribution in [3.05, 3.63) is 27.7 Å². The topological polar surface area (TPSA) is 71.0 Å². The average molecular weight is 274 g/mol. The predicted octanol–water partition coefficient (Wildman–Crippen LogP) is 1.19. The highest BCUT2D eigenvalue weighted by atomic mass is 16.2. The number of aromatic nitrogens is 3. The molecule has 106 valence electrons. The molecule has 6 heteroatoms. The van der Waals surface area contributed by atoms with E-state index in [0.717, 1.165) is 18.7 Å². The maximum absolute atomic E-state index is 12.7. The van der Waals surface area contributed by atoms with Crippen LogP contribution in [0.3, 0.4) is 0 Å². The summed E-state index contributed by atoms with van der Waals surface area (Å²) in [6.45, 7) is 6.64. The molecule has 20 heavy (non-hydrogen) atoms. The van der Waals surface area contributed by atoms with Gasteiger partial charge >= 0.3 is 0 Å². The van der Waals surface area contributed by atoms with Crippen LogP contribution in [0.4, 0.5) is 0 Å².